The number of nitro groups is 1. The number of carbonyl (C=O) groups is 1. The Morgan fingerprint density at radius 3 is 2.50 bits per heavy atom. The lowest BCUT2D eigenvalue weighted by atomic mass is 10.1. The standard InChI is InChI=1S/C21H13Br2N3O4/c1-12-18(21(27)25(24-12)14-4-2-13(22)3-5-14)11-16-7-9-20(30-16)17-8-6-15(26(28)29)10-19(17)23/h2-11H,1H3/b18-11-. The van der Waals surface area contributed by atoms with Crippen LogP contribution < -0.4 is 5.01 Å². The van der Waals surface area contributed by atoms with Gasteiger partial charge in [0.1, 0.15) is 11.5 Å². The third kappa shape index (κ3) is 3.86. The minimum Gasteiger partial charge on any atom is -0.457 e. The van der Waals surface area contributed by atoms with Gasteiger partial charge in [0.2, 0.25) is 0 Å². The summed E-state index contributed by atoms with van der Waals surface area (Å²) in [5, 5.41) is 16.6. The summed E-state index contributed by atoms with van der Waals surface area (Å²) < 4.78 is 7.31. The fraction of sp³-hybridized carbons (Fsp3) is 0.0476. The number of hydrogen-bond acceptors (Lipinski definition) is 5. The van der Waals surface area contributed by atoms with Crippen LogP contribution in [0.1, 0.15) is 12.7 Å². The van der Waals surface area contributed by atoms with E-state index in [1.54, 1.807) is 43.3 Å². The highest BCUT2D eigenvalue weighted by molar-refractivity contribution is 9.10. The Balaban J connectivity index is 1.61. The number of rotatable bonds is 4. The second-order valence-corrected chi connectivity index (χ2v) is 8.23. The summed E-state index contributed by atoms with van der Waals surface area (Å²) in [4.78, 5) is 23.3. The van der Waals surface area contributed by atoms with Crippen molar-refractivity contribution >= 4 is 60.9 Å². The van der Waals surface area contributed by atoms with E-state index in [-0.39, 0.29) is 11.6 Å². The minimum absolute atomic E-state index is 0.0176. The molecule has 0 fully saturated rings. The van der Waals surface area contributed by atoms with Gasteiger partial charge in [-0.15, -0.1) is 0 Å². The highest BCUT2D eigenvalue weighted by atomic mass is 79.9. The zero-order chi connectivity index (χ0) is 21.4. The van der Waals surface area contributed by atoms with Crippen LogP contribution in [0.25, 0.3) is 17.4 Å². The Kier molecular flexibility index (Phi) is 5.40. The number of furan rings is 1. The average molecular weight is 531 g/mol. The lowest BCUT2D eigenvalue weighted by Crippen LogP contribution is -2.21. The highest BCUT2D eigenvalue weighted by Gasteiger charge is 2.29. The number of amides is 1. The van der Waals surface area contributed by atoms with Crippen LogP contribution in [-0.2, 0) is 4.79 Å². The van der Waals surface area contributed by atoms with Crippen LogP contribution in [0.4, 0.5) is 11.4 Å². The summed E-state index contributed by atoms with van der Waals surface area (Å²) in [5.74, 6) is 0.753. The number of benzene rings is 2. The number of nitrogens with zero attached hydrogens (tertiary/aromatic N) is 3. The molecule has 150 valence electrons. The zero-order valence-corrected chi connectivity index (χ0v) is 18.7. The van der Waals surface area contributed by atoms with Crippen molar-refractivity contribution in [1.29, 1.82) is 0 Å². The molecule has 2 heterocycles. The van der Waals surface area contributed by atoms with Gasteiger partial charge in [-0.05, 0) is 71.4 Å². The van der Waals surface area contributed by atoms with Crippen molar-refractivity contribution in [2.75, 3.05) is 5.01 Å². The Labute approximate surface area is 188 Å². The molecule has 7 nitrogen and oxygen atoms in total. The van der Waals surface area contributed by atoms with Crippen LogP contribution in [0, 0.1) is 10.1 Å². The molecule has 30 heavy (non-hydrogen) atoms. The van der Waals surface area contributed by atoms with E-state index in [9.17, 15) is 14.9 Å². The molecule has 9 heteroatoms. The van der Waals surface area contributed by atoms with Crippen LogP contribution in [0.5, 0.6) is 0 Å². The number of hydrogen-bond donors (Lipinski definition) is 0. The maximum atomic E-state index is 12.9. The molecular formula is C21H13Br2N3O4. The van der Waals surface area contributed by atoms with Gasteiger partial charge >= 0.3 is 0 Å². The van der Waals surface area contributed by atoms with Crippen molar-refractivity contribution in [3.8, 4) is 11.3 Å². The minimum atomic E-state index is -0.461. The van der Waals surface area contributed by atoms with Crippen LogP contribution in [0.15, 0.2) is 78.6 Å². The van der Waals surface area contributed by atoms with Gasteiger partial charge in [-0.3, -0.25) is 14.9 Å². The molecule has 2 aromatic carbocycles. The quantitative estimate of drug-likeness (QED) is 0.228. The predicted molar refractivity (Wildman–Crippen MR) is 121 cm³/mol. The first-order valence-corrected chi connectivity index (χ1v) is 10.3. The normalized spacial score (nSPS) is 15.0. The van der Waals surface area contributed by atoms with Gasteiger partial charge in [0.05, 0.1) is 21.9 Å². The van der Waals surface area contributed by atoms with Crippen LogP contribution in [0.3, 0.4) is 0 Å². The molecule has 0 N–H and O–H groups in total. The van der Waals surface area contributed by atoms with E-state index in [0.717, 1.165) is 4.47 Å². The number of non-ortho nitro benzene ring substituents is 1. The van der Waals surface area contributed by atoms with Gasteiger partial charge in [-0.1, -0.05) is 15.9 Å². The number of hydrazone groups is 1. The van der Waals surface area contributed by atoms with Gasteiger partial charge in [0, 0.05) is 26.6 Å². The molecule has 0 aliphatic carbocycles. The van der Waals surface area contributed by atoms with Crippen molar-refractivity contribution in [3.63, 3.8) is 0 Å². The first kappa shape index (κ1) is 20.2. The lowest BCUT2D eigenvalue weighted by molar-refractivity contribution is -0.384. The van der Waals surface area contributed by atoms with Gasteiger partial charge < -0.3 is 4.42 Å². The van der Waals surface area contributed by atoms with Crippen molar-refractivity contribution in [1.82, 2.24) is 0 Å². The molecule has 4 rings (SSSR count). The van der Waals surface area contributed by atoms with Crippen LogP contribution >= 0.6 is 31.9 Å². The topological polar surface area (TPSA) is 89.0 Å². The SMILES string of the molecule is CC1=NN(c2ccc(Br)cc2)C(=O)/C1=C\c1ccc(-c2ccc([N+](=O)[O-])cc2Br)o1. The van der Waals surface area contributed by atoms with Crippen molar-refractivity contribution < 1.29 is 14.1 Å². The zero-order valence-electron chi connectivity index (χ0n) is 15.5. The van der Waals surface area contributed by atoms with Crippen molar-refractivity contribution in [3.05, 3.63) is 85.0 Å². The molecule has 0 spiro atoms. The second-order valence-electron chi connectivity index (χ2n) is 6.46. The smallest absolute Gasteiger partial charge is 0.280 e. The van der Waals surface area contributed by atoms with Crippen LogP contribution in [0.2, 0.25) is 0 Å². The average Bonchev–Trinajstić information content (AvgIpc) is 3.28. The van der Waals surface area contributed by atoms with Gasteiger partial charge in [0.25, 0.3) is 11.6 Å². The lowest BCUT2D eigenvalue weighted by Gasteiger charge is -2.11. The van der Waals surface area contributed by atoms with E-state index in [1.807, 2.05) is 12.1 Å². The summed E-state index contributed by atoms with van der Waals surface area (Å²) in [6.07, 6.45) is 1.64. The summed E-state index contributed by atoms with van der Waals surface area (Å²) in [7, 11) is 0. The van der Waals surface area contributed by atoms with E-state index >= 15 is 0 Å². The molecule has 1 amide bonds. The molecule has 0 saturated heterocycles. The summed E-state index contributed by atoms with van der Waals surface area (Å²) in [6.45, 7) is 1.76. The fourth-order valence-electron chi connectivity index (χ4n) is 2.98. The monoisotopic (exact) mass is 529 g/mol. The molecule has 0 radical (unpaired) electrons. The first-order valence-electron chi connectivity index (χ1n) is 8.75. The molecular weight excluding hydrogens is 518 g/mol. The summed E-state index contributed by atoms with van der Waals surface area (Å²) >= 11 is 6.72. The third-order valence-electron chi connectivity index (χ3n) is 4.48. The maximum Gasteiger partial charge on any atom is 0.280 e. The van der Waals surface area contributed by atoms with E-state index in [2.05, 4.69) is 37.0 Å². The maximum absolute atomic E-state index is 12.9. The Morgan fingerprint density at radius 2 is 1.83 bits per heavy atom. The second kappa shape index (κ2) is 8.00. The molecule has 0 atom stereocenters. The van der Waals surface area contributed by atoms with Crippen molar-refractivity contribution in [2.45, 2.75) is 6.92 Å². The van der Waals surface area contributed by atoms with E-state index in [1.165, 1.54) is 17.1 Å². The fourth-order valence-corrected chi connectivity index (χ4v) is 3.80. The molecule has 0 unspecified atom stereocenters. The molecule has 1 aliphatic heterocycles. The largest absolute Gasteiger partial charge is 0.457 e. The molecule has 1 aromatic heterocycles. The Hall–Kier alpha value is -3.04. The Bertz CT molecular complexity index is 1230. The predicted octanol–water partition coefficient (Wildman–Crippen LogP) is 6.19. The third-order valence-corrected chi connectivity index (χ3v) is 5.66. The molecule has 1 aliphatic rings. The molecule has 3 aromatic rings. The number of nitro benzene ring substituents is 1. The summed E-state index contributed by atoms with van der Waals surface area (Å²) in [5.41, 5.74) is 2.33. The van der Waals surface area contributed by atoms with Gasteiger partial charge in [-0.25, -0.2) is 0 Å². The first-order chi connectivity index (χ1) is 14.3. The van der Waals surface area contributed by atoms with Gasteiger partial charge in [-0.2, -0.15) is 10.1 Å². The van der Waals surface area contributed by atoms with Crippen molar-refractivity contribution in [2.24, 2.45) is 5.10 Å². The Morgan fingerprint density at radius 1 is 1.10 bits per heavy atom. The highest BCUT2D eigenvalue weighted by Crippen LogP contribution is 2.33. The van der Waals surface area contributed by atoms with E-state index in [0.29, 0.717) is 38.5 Å². The molecule has 0 saturated carbocycles. The van der Waals surface area contributed by atoms with Crippen LogP contribution in [-0.4, -0.2) is 16.5 Å². The molecule has 0 bridgehead atoms. The number of halogens is 2. The van der Waals surface area contributed by atoms with Gasteiger partial charge in [0.15, 0.2) is 0 Å². The number of carbonyl (C=O) groups excluding carboxylic acids is 1. The van der Waals surface area contributed by atoms with E-state index < -0.39 is 4.92 Å². The number of anilines is 1. The summed E-state index contributed by atoms with van der Waals surface area (Å²) in [6, 6.07) is 15.2. The van der Waals surface area contributed by atoms with E-state index in [4.69, 9.17) is 4.42 Å².